The van der Waals surface area contributed by atoms with E-state index in [9.17, 15) is 0 Å². The van der Waals surface area contributed by atoms with Gasteiger partial charge in [0.1, 0.15) is 11.4 Å². The van der Waals surface area contributed by atoms with Crippen LogP contribution in [-0.4, -0.2) is 36.5 Å². The Bertz CT molecular complexity index is 1010. The first-order chi connectivity index (χ1) is 14.7. The molecular weight excluding hydrogens is 434 g/mol. The Balaban J connectivity index is 1.48. The van der Waals surface area contributed by atoms with Crippen LogP contribution in [0.5, 0.6) is 5.75 Å². The van der Waals surface area contributed by atoms with Gasteiger partial charge in [0, 0.05) is 13.1 Å². The first-order valence-electron chi connectivity index (χ1n) is 9.77. The van der Waals surface area contributed by atoms with Crippen molar-refractivity contribution in [2.45, 2.75) is 19.3 Å². The van der Waals surface area contributed by atoms with Gasteiger partial charge in [-0.15, -0.1) is 11.3 Å². The number of hydrazone groups is 1. The molecule has 1 aromatic carbocycles. The molecule has 30 heavy (non-hydrogen) atoms. The number of thiophene rings is 1. The summed E-state index contributed by atoms with van der Waals surface area (Å²) in [4.78, 5) is 9.48. The third kappa shape index (κ3) is 4.97. The van der Waals surface area contributed by atoms with Crippen molar-refractivity contribution in [3.8, 4) is 16.3 Å². The standard InChI is InChI=1S/C21H23N5OS3/c1-27-16-9-4-3-8-15(16)23-20(28)25-22-14-18-19(17-10-7-13-29-17)24-21(30-18)26-11-5-2-6-12-26/h3-4,7-10,13-14H,2,5-6,11-12H2,1H3,(H2,23,25,28)/b22-14+. The highest BCUT2D eigenvalue weighted by Crippen LogP contribution is 2.35. The summed E-state index contributed by atoms with van der Waals surface area (Å²) in [5.41, 5.74) is 4.66. The van der Waals surface area contributed by atoms with Crippen molar-refractivity contribution in [1.29, 1.82) is 0 Å². The number of methoxy groups -OCH3 is 1. The number of thiocarbonyl (C=S) groups is 1. The van der Waals surface area contributed by atoms with Crippen molar-refractivity contribution >= 4 is 57.0 Å². The molecule has 2 N–H and O–H groups in total. The summed E-state index contributed by atoms with van der Waals surface area (Å²) >= 11 is 8.73. The SMILES string of the molecule is COc1ccccc1NC(=S)N/N=C/c1sc(N2CCCCC2)nc1-c1cccs1. The first kappa shape index (κ1) is 20.8. The van der Waals surface area contributed by atoms with Crippen LogP contribution in [0.3, 0.4) is 0 Å². The summed E-state index contributed by atoms with van der Waals surface area (Å²) in [6, 6.07) is 11.8. The van der Waals surface area contributed by atoms with E-state index in [4.69, 9.17) is 21.9 Å². The average molecular weight is 458 g/mol. The van der Waals surface area contributed by atoms with Crippen molar-refractivity contribution in [2.24, 2.45) is 5.10 Å². The largest absolute Gasteiger partial charge is 0.495 e. The van der Waals surface area contributed by atoms with Gasteiger partial charge in [-0.25, -0.2) is 4.98 Å². The Labute approximate surface area is 189 Å². The third-order valence-corrected chi connectivity index (χ3v) is 6.85. The zero-order valence-electron chi connectivity index (χ0n) is 16.6. The van der Waals surface area contributed by atoms with Gasteiger partial charge in [0.2, 0.25) is 0 Å². The van der Waals surface area contributed by atoms with E-state index in [1.807, 2.05) is 30.3 Å². The molecular formula is C21H23N5OS3. The van der Waals surface area contributed by atoms with Crippen molar-refractivity contribution in [3.05, 3.63) is 46.7 Å². The number of benzene rings is 1. The lowest BCUT2D eigenvalue weighted by molar-refractivity contribution is 0.417. The quantitative estimate of drug-likeness (QED) is 0.302. The minimum absolute atomic E-state index is 0.397. The number of piperidine rings is 1. The van der Waals surface area contributed by atoms with Crippen molar-refractivity contribution in [2.75, 3.05) is 30.4 Å². The monoisotopic (exact) mass is 457 g/mol. The molecule has 0 spiro atoms. The predicted molar refractivity (Wildman–Crippen MR) is 131 cm³/mol. The number of rotatable bonds is 6. The second-order valence-corrected chi connectivity index (χ2v) is 9.12. The molecule has 156 valence electrons. The minimum atomic E-state index is 0.397. The molecule has 3 aromatic rings. The maximum atomic E-state index is 5.37. The van der Waals surface area contributed by atoms with Crippen LogP contribution in [0.25, 0.3) is 10.6 Å². The van der Waals surface area contributed by atoms with E-state index < -0.39 is 0 Å². The van der Waals surface area contributed by atoms with Gasteiger partial charge in [0.05, 0.1) is 28.8 Å². The molecule has 0 atom stereocenters. The molecule has 0 saturated carbocycles. The summed E-state index contributed by atoms with van der Waals surface area (Å²) in [6.07, 6.45) is 5.55. The lowest BCUT2D eigenvalue weighted by Gasteiger charge is -2.25. The minimum Gasteiger partial charge on any atom is -0.495 e. The molecule has 0 radical (unpaired) electrons. The number of nitrogens with one attached hydrogen (secondary N) is 2. The highest BCUT2D eigenvalue weighted by Gasteiger charge is 2.19. The molecule has 9 heteroatoms. The summed E-state index contributed by atoms with van der Waals surface area (Å²) in [6.45, 7) is 2.14. The Kier molecular flexibility index (Phi) is 6.93. The van der Waals surface area contributed by atoms with Gasteiger partial charge in [-0.1, -0.05) is 29.5 Å². The molecule has 0 amide bonds. The van der Waals surface area contributed by atoms with Crippen LogP contribution >= 0.6 is 34.9 Å². The number of hydrogen-bond acceptors (Lipinski definition) is 7. The lowest BCUT2D eigenvalue weighted by atomic mass is 10.1. The number of para-hydroxylation sites is 2. The Morgan fingerprint density at radius 1 is 1.20 bits per heavy atom. The molecule has 4 rings (SSSR count). The van der Waals surface area contributed by atoms with E-state index in [-0.39, 0.29) is 0 Å². The van der Waals surface area contributed by atoms with E-state index in [1.54, 1.807) is 36.0 Å². The number of aromatic nitrogens is 1. The van der Waals surface area contributed by atoms with Gasteiger partial charge in [-0.2, -0.15) is 5.10 Å². The Morgan fingerprint density at radius 2 is 2.03 bits per heavy atom. The second kappa shape index (κ2) is 10.0. The van der Waals surface area contributed by atoms with E-state index in [0.29, 0.717) is 5.11 Å². The predicted octanol–water partition coefficient (Wildman–Crippen LogP) is 5.19. The Morgan fingerprint density at radius 3 is 2.80 bits per heavy atom. The number of ether oxygens (including phenoxy) is 1. The van der Waals surface area contributed by atoms with Gasteiger partial charge in [-0.05, 0) is 55.1 Å². The fraction of sp³-hybridized carbons (Fsp3) is 0.286. The highest BCUT2D eigenvalue weighted by atomic mass is 32.1. The average Bonchev–Trinajstić information content (AvgIpc) is 3.45. The van der Waals surface area contributed by atoms with Gasteiger partial charge in [0.25, 0.3) is 0 Å². The molecule has 0 aliphatic carbocycles. The molecule has 1 aliphatic rings. The van der Waals surface area contributed by atoms with Crippen LogP contribution in [0.4, 0.5) is 10.8 Å². The Hall–Kier alpha value is -2.49. The van der Waals surface area contributed by atoms with Gasteiger partial charge in [-0.3, -0.25) is 5.43 Å². The third-order valence-electron chi connectivity index (χ3n) is 4.73. The smallest absolute Gasteiger partial charge is 0.191 e. The van der Waals surface area contributed by atoms with Crippen LogP contribution in [0.2, 0.25) is 0 Å². The number of thiazole rings is 1. The summed E-state index contributed by atoms with van der Waals surface area (Å²) in [7, 11) is 1.63. The molecule has 6 nitrogen and oxygen atoms in total. The zero-order chi connectivity index (χ0) is 20.8. The van der Waals surface area contributed by atoms with E-state index in [1.165, 1.54) is 19.3 Å². The first-order valence-corrected chi connectivity index (χ1v) is 11.9. The van der Waals surface area contributed by atoms with Gasteiger partial charge >= 0.3 is 0 Å². The zero-order valence-corrected chi connectivity index (χ0v) is 19.1. The summed E-state index contributed by atoms with van der Waals surface area (Å²) < 4.78 is 5.34. The molecule has 0 unspecified atom stereocenters. The van der Waals surface area contributed by atoms with Crippen molar-refractivity contribution < 1.29 is 4.74 Å². The molecule has 1 aliphatic heterocycles. The maximum Gasteiger partial charge on any atom is 0.191 e. The van der Waals surface area contributed by atoms with Crippen LogP contribution in [0, 0.1) is 0 Å². The molecule has 1 saturated heterocycles. The van der Waals surface area contributed by atoms with Gasteiger partial charge < -0.3 is 15.0 Å². The summed E-state index contributed by atoms with van der Waals surface area (Å²) in [5.74, 6) is 0.722. The van der Waals surface area contributed by atoms with Crippen LogP contribution in [0.15, 0.2) is 46.9 Å². The van der Waals surface area contributed by atoms with Crippen LogP contribution in [0.1, 0.15) is 24.1 Å². The topological polar surface area (TPSA) is 61.8 Å². The van der Waals surface area contributed by atoms with Crippen molar-refractivity contribution in [1.82, 2.24) is 10.4 Å². The normalized spacial score (nSPS) is 14.1. The van der Waals surface area contributed by atoms with Crippen molar-refractivity contribution in [3.63, 3.8) is 0 Å². The molecule has 0 bridgehead atoms. The molecule has 3 heterocycles. The van der Waals surface area contributed by atoms with E-state index in [2.05, 4.69) is 32.2 Å². The highest BCUT2D eigenvalue weighted by molar-refractivity contribution is 7.80. The van der Waals surface area contributed by atoms with E-state index in [0.717, 1.165) is 45.1 Å². The van der Waals surface area contributed by atoms with Gasteiger partial charge in [0.15, 0.2) is 10.2 Å². The second-order valence-electron chi connectivity index (χ2n) is 6.76. The molecule has 2 aromatic heterocycles. The fourth-order valence-electron chi connectivity index (χ4n) is 3.27. The summed E-state index contributed by atoms with van der Waals surface area (Å²) in [5, 5.41) is 11.0. The lowest BCUT2D eigenvalue weighted by Crippen LogP contribution is -2.29. The number of hydrogen-bond donors (Lipinski definition) is 2. The molecule has 1 fully saturated rings. The van der Waals surface area contributed by atoms with Crippen LogP contribution in [-0.2, 0) is 0 Å². The van der Waals surface area contributed by atoms with E-state index >= 15 is 0 Å². The fourth-order valence-corrected chi connectivity index (χ4v) is 5.22. The number of anilines is 2. The maximum absolute atomic E-state index is 5.37. The van der Waals surface area contributed by atoms with Crippen LogP contribution < -0.4 is 20.4 Å². The number of nitrogens with zero attached hydrogens (tertiary/aromatic N) is 3.